The number of halogens is 1. The summed E-state index contributed by atoms with van der Waals surface area (Å²) in [5.74, 6) is 1.56. The van der Waals surface area contributed by atoms with Crippen molar-refractivity contribution >= 4 is 17.5 Å². The average molecular weight is 369 g/mol. The quantitative estimate of drug-likeness (QED) is 0.689. The predicted octanol–water partition coefficient (Wildman–Crippen LogP) is 2.31. The minimum Gasteiger partial charge on any atom is -0.454 e. The lowest BCUT2D eigenvalue weighted by Gasteiger charge is -2.27. The fraction of sp³-hybridized carbons (Fsp3) is 0.611. The van der Waals surface area contributed by atoms with Crippen molar-refractivity contribution in [3.63, 3.8) is 0 Å². The van der Waals surface area contributed by atoms with E-state index in [0.717, 1.165) is 30.7 Å². The van der Waals surface area contributed by atoms with Gasteiger partial charge in [-0.15, -0.1) is 0 Å². The predicted molar refractivity (Wildman–Crippen MR) is 94.9 cm³/mol. The zero-order chi connectivity index (χ0) is 17.8. The second-order valence-electron chi connectivity index (χ2n) is 6.56. The van der Waals surface area contributed by atoms with Crippen LogP contribution in [0.5, 0.6) is 11.5 Å². The number of β-amino-alcohol motifs (C(OH)–C–C–N with tert-alkyl or cyclic N) is 1. The molecule has 1 aromatic rings. The molecule has 3 rings (SSSR count). The highest BCUT2D eigenvalue weighted by atomic mass is 35.5. The molecule has 6 nitrogen and oxygen atoms in total. The van der Waals surface area contributed by atoms with E-state index in [-0.39, 0.29) is 18.7 Å². The Bertz CT molecular complexity index is 625. The molecule has 0 unspecified atom stereocenters. The van der Waals surface area contributed by atoms with E-state index in [2.05, 4.69) is 5.32 Å². The standard InChI is InChI=1S/C18H25ClN2O4/c1-2-14(22)10-21-13(3-4-18(21)23)5-6-20-9-12-7-16-17(8-15(12)19)25-11-24-16/h7-8,13-14,20,22H,2-6,9-11H2,1H3/t13-,14+/m0/s1. The number of likely N-dealkylation sites (tertiary alicyclic amines) is 1. The third-order valence-corrected chi connectivity index (χ3v) is 5.19. The zero-order valence-electron chi connectivity index (χ0n) is 14.5. The van der Waals surface area contributed by atoms with Gasteiger partial charge in [-0.1, -0.05) is 18.5 Å². The normalized spacial score (nSPS) is 20.4. The van der Waals surface area contributed by atoms with Crippen molar-refractivity contribution in [2.75, 3.05) is 19.9 Å². The second-order valence-corrected chi connectivity index (χ2v) is 6.97. The number of amides is 1. The van der Waals surface area contributed by atoms with Gasteiger partial charge in [0.25, 0.3) is 0 Å². The van der Waals surface area contributed by atoms with E-state index in [1.54, 1.807) is 6.07 Å². The molecule has 2 aliphatic rings. The number of fused-ring (bicyclic) bond motifs is 1. The number of carbonyl (C=O) groups is 1. The summed E-state index contributed by atoms with van der Waals surface area (Å²) in [4.78, 5) is 13.8. The number of carbonyl (C=O) groups excluding carboxylic acids is 1. The first kappa shape index (κ1) is 18.3. The summed E-state index contributed by atoms with van der Waals surface area (Å²) in [6.45, 7) is 4.01. The van der Waals surface area contributed by atoms with Crippen LogP contribution in [-0.4, -0.2) is 47.9 Å². The third-order valence-electron chi connectivity index (χ3n) is 4.84. The summed E-state index contributed by atoms with van der Waals surface area (Å²) >= 11 is 6.27. The number of aliphatic hydroxyl groups is 1. The summed E-state index contributed by atoms with van der Waals surface area (Å²) in [5, 5.41) is 13.9. The zero-order valence-corrected chi connectivity index (χ0v) is 15.2. The average Bonchev–Trinajstić information content (AvgIpc) is 3.18. The maximum atomic E-state index is 12.0. The number of nitrogens with zero attached hydrogens (tertiary/aromatic N) is 1. The molecule has 1 fully saturated rings. The van der Waals surface area contributed by atoms with Crippen LogP contribution >= 0.6 is 11.6 Å². The minimum atomic E-state index is -0.440. The fourth-order valence-corrected chi connectivity index (χ4v) is 3.51. The van der Waals surface area contributed by atoms with Crippen LogP contribution in [-0.2, 0) is 11.3 Å². The van der Waals surface area contributed by atoms with E-state index < -0.39 is 6.10 Å². The van der Waals surface area contributed by atoms with Crippen molar-refractivity contribution < 1.29 is 19.4 Å². The summed E-state index contributed by atoms with van der Waals surface area (Å²) < 4.78 is 10.7. The smallest absolute Gasteiger partial charge is 0.231 e. The molecule has 138 valence electrons. The van der Waals surface area contributed by atoms with Crippen molar-refractivity contribution in [1.29, 1.82) is 0 Å². The molecule has 0 aromatic heterocycles. The lowest BCUT2D eigenvalue weighted by atomic mass is 10.1. The van der Waals surface area contributed by atoms with E-state index in [4.69, 9.17) is 21.1 Å². The Labute approximate surface area is 153 Å². The first-order chi connectivity index (χ1) is 12.1. The van der Waals surface area contributed by atoms with Crippen molar-refractivity contribution in [2.45, 2.75) is 51.3 Å². The molecule has 1 saturated heterocycles. The highest BCUT2D eigenvalue weighted by Gasteiger charge is 2.31. The van der Waals surface area contributed by atoms with Crippen LogP contribution in [0.15, 0.2) is 12.1 Å². The van der Waals surface area contributed by atoms with Crippen LogP contribution in [0, 0.1) is 0 Å². The molecule has 1 amide bonds. The molecule has 2 N–H and O–H groups in total. The van der Waals surface area contributed by atoms with E-state index >= 15 is 0 Å². The molecule has 0 spiro atoms. The van der Waals surface area contributed by atoms with Gasteiger partial charge in [-0.2, -0.15) is 0 Å². The number of nitrogens with one attached hydrogen (secondary N) is 1. The van der Waals surface area contributed by atoms with Gasteiger partial charge in [-0.05, 0) is 37.4 Å². The van der Waals surface area contributed by atoms with Crippen LogP contribution in [0.25, 0.3) is 0 Å². The Morgan fingerprint density at radius 2 is 2.16 bits per heavy atom. The molecule has 0 bridgehead atoms. The fourth-order valence-electron chi connectivity index (χ4n) is 3.29. The first-order valence-corrected chi connectivity index (χ1v) is 9.22. The lowest BCUT2D eigenvalue weighted by molar-refractivity contribution is -0.130. The number of rotatable bonds is 8. The maximum absolute atomic E-state index is 12.0. The summed E-state index contributed by atoms with van der Waals surface area (Å²) in [7, 11) is 0. The van der Waals surface area contributed by atoms with Crippen molar-refractivity contribution in [1.82, 2.24) is 10.2 Å². The summed E-state index contributed by atoms with van der Waals surface area (Å²) in [6.07, 6.45) is 2.53. The first-order valence-electron chi connectivity index (χ1n) is 8.84. The number of hydrogen-bond donors (Lipinski definition) is 2. The molecule has 2 atom stereocenters. The molecule has 25 heavy (non-hydrogen) atoms. The van der Waals surface area contributed by atoms with E-state index in [0.29, 0.717) is 36.7 Å². The van der Waals surface area contributed by atoms with Crippen LogP contribution in [0.2, 0.25) is 5.02 Å². The van der Waals surface area contributed by atoms with Gasteiger partial charge in [0.1, 0.15) is 0 Å². The molecular formula is C18H25ClN2O4. The minimum absolute atomic E-state index is 0.149. The molecular weight excluding hydrogens is 344 g/mol. The Morgan fingerprint density at radius 1 is 1.40 bits per heavy atom. The Kier molecular flexibility index (Phi) is 6.04. The van der Waals surface area contributed by atoms with Gasteiger partial charge in [0.15, 0.2) is 11.5 Å². The number of benzene rings is 1. The molecule has 7 heteroatoms. The van der Waals surface area contributed by atoms with Crippen molar-refractivity contribution in [3.05, 3.63) is 22.7 Å². The van der Waals surface area contributed by atoms with E-state index in [9.17, 15) is 9.90 Å². The van der Waals surface area contributed by atoms with Gasteiger partial charge in [0.2, 0.25) is 12.7 Å². The largest absolute Gasteiger partial charge is 0.454 e. The molecule has 0 saturated carbocycles. The number of ether oxygens (including phenoxy) is 2. The lowest BCUT2D eigenvalue weighted by Crippen LogP contribution is -2.40. The van der Waals surface area contributed by atoms with Crippen LogP contribution < -0.4 is 14.8 Å². The number of aliphatic hydroxyl groups excluding tert-OH is 1. The third kappa shape index (κ3) is 4.37. The van der Waals surface area contributed by atoms with Gasteiger partial charge in [-0.25, -0.2) is 0 Å². The van der Waals surface area contributed by atoms with Gasteiger partial charge in [0.05, 0.1) is 6.10 Å². The van der Waals surface area contributed by atoms with E-state index in [1.807, 2.05) is 17.9 Å². The molecule has 0 radical (unpaired) electrons. The van der Waals surface area contributed by atoms with E-state index in [1.165, 1.54) is 0 Å². The molecule has 1 aromatic carbocycles. The van der Waals surface area contributed by atoms with Crippen molar-refractivity contribution in [2.24, 2.45) is 0 Å². The summed E-state index contributed by atoms with van der Waals surface area (Å²) in [5.41, 5.74) is 0.965. The molecule has 2 heterocycles. The van der Waals surface area contributed by atoms with Gasteiger partial charge < -0.3 is 24.8 Å². The Hall–Kier alpha value is -1.50. The maximum Gasteiger partial charge on any atom is 0.231 e. The Morgan fingerprint density at radius 3 is 2.92 bits per heavy atom. The van der Waals surface area contributed by atoms with Crippen LogP contribution in [0.4, 0.5) is 0 Å². The van der Waals surface area contributed by atoms with Gasteiger partial charge in [0, 0.05) is 36.6 Å². The number of hydrogen-bond acceptors (Lipinski definition) is 5. The van der Waals surface area contributed by atoms with Crippen molar-refractivity contribution in [3.8, 4) is 11.5 Å². The Balaban J connectivity index is 1.47. The van der Waals surface area contributed by atoms with Crippen LogP contribution in [0.3, 0.4) is 0 Å². The molecule has 2 aliphatic heterocycles. The summed E-state index contributed by atoms with van der Waals surface area (Å²) in [6, 6.07) is 3.89. The second kappa shape index (κ2) is 8.25. The van der Waals surface area contributed by atoms with Gasteiger partial charge in [-0.3, -0.25) is 4.79 Å². The monoisotopic (exact) mass is 368 g/mol. The van der Waals surface area contributed by atoms with Crippen LogP contribution in [0.1, 0.15) is 38.2 Å². The highest BCUT2D eigenvalue weighted by molar-refractivity contribution is 6.31. The highest BCUT2D eigenvalue weighted by Crippen LogP contribution is 2.36. The topological polar surface area (TPSA) is 71.0 Å². The van der Waals surface area contributed by atoms with Gasteiger partial charge >= 0.3 is 0 Å². The molecule has 0 aliphatic carbocycles. The SMILES string of the molecule is CC[C@@H](O)CN1C(=O)CC[C@H]1CCNCc1cc2c(cc1Cl)OCO2.